The number of hydrogen-bond donors (Lipinski definition) is 1. The summed E-state index contributed by atoms with van der Waals surface area (Å²) in [5.74, 6) is 1.15. The Kier molecular flexibility index (Phi) is 3.32. The minimum atomic E-state index is 0.151. The average molecular weight is 343 g/mol. The van der Waals surface area contributed by atoms with Gasteiger partial charge >= 0.3 is 0 Å². The lowest BCUT2D eigenvalue weighted by Gasteiger charge is -2.09. The van der Waals surface area contributed by atoms with Crippen LogP contribution in [0.15, 0.2) is 45.3 Å². The first kappa shape index (κ1) is 13.5. The monoisotopic (exact) mass is 342 g/mol. The van der Waals surface area contributed by atoms with Gasteiger partial charge in [-0.15, -0.1) is 0 Å². The van der Waals surface area contributed by atoms with E-state index >= 15 is 0 Å². The summed E-state index contributed by atoms with van der Waals surface area (Å²) in [7, 11) is 0. The molecule has 1 heterocycles. The number of anilines is 1. The van der Waals surface area contributed by atoms with Gasteiger partial charge in [0.15, 0.2) is 5.75 Å². The number of ether oxygens (including phenoxy) is 1. The van der Waals surface area contributed by atoms with Crippen molar-refractivity contribution < 1.29 is 9.15 Å². The molecule has 1 aromatic heterocycles. The number of rotatable bonds is 2. The second-order valence-electron chi connectivity index (χ2n) is 4.61. The highest BCUT2D eigenvalue weighted by molar-refractivity contribution is 9.10. The maximum absolute atomic E-state index is 9.21. The van der Waals surface area contributed by atoms with Gasteiger partial charge in [-0.25, -0.2) is 0 Å². The predicted octanol–water partition coefficient (Wildman–Crippen LogP) is 4.75. The summed E-state index contributed by atoms with van der Waals surface area (Å²) >= 11 is 3.42. The number of benzene rings is 2. The molecular formula is C16H11BrN2O2. The van der Waals surface area contributed by atoms with Crippen LogP contribution >= 0.6 is 15.9 Å². The van der Waals surface area contributed by atoms with Crippen LogP contribution in [0.2, 0.25) is 0 Å². The Balaban J connectivity index is 2.14. The van der Waals surface area contributed by atoms with Crippen LogP contribution in [0, 0.1) is 18.3 Å². The molecule has 0 aliphatic rings. The van der Waals surface area contributed by atoms with Gasteiger partial charge in [0.25, 0.3) is 0 Å². The molecular weight excluding hydrogens is 332 g/mol. The minimum Gasteiger partial charge on any atom is -0.451 e. The molecule has 0 spiro atoms. The van der Waals surface area contributed by atoms with Crippen molar-refractivity contribution in [3.63, 3.8) is 0 Å². The molecule has 3 aromatic rings. The number of furan rings is 1. The third kappa shape index (κ3) is 2.34. The van der Waals surface area contributed by atoms with Gasteiger partial charge < -0.3 is 14.9 Å². The summed E-state index contributed by atoms with van der Waals surface area (Å²) in [6.45, 7) is 1.90. The number of para-hydroxylation sites is 1. The van der Waals surface area contributed by atoms with Crippen molar-refractivity contribution >= 4 is 32.6 Å². The molecule has 0 unspecified atom stereocenters. The number of nitriles is 1. The zero-order valence-corrected chi connectivity index (χ0v) is 12.8. The van der Waals surface area contributed by atoms with Gasteiger partial charge in [0.2, 0.25) is 5.76 Å². The van der Waals surface area contributed by atoms with Crippen LogP contribution in [0.5, 0.6) is 11.5 Å². The molecule has 21 heavy (non-hydrogen) atoms. The fraction of sp³-hybridized carbons (Fsp3) is 0.0625. The van der Waals surface area contributed by atoms with E-state index in [4.69, 9.17) is 14.9 Å². The lowest BCUT2D eigenvalue weighted by atomic mass is 10.2. The van der Waals surface area contributed by atoms with Crippen LogP contribution in [0.4, 0.5) is 5.69 Å². The SMILES string of the molecule is Cc1cc(Oc2c(C#N)oc3ccccc23)c(Br)cc1N. The molecule has 2 aromatic carbocycles. The van der Waals surface area contributed by atoms with E-state index in [-0.39, 0.29) is 5.76 Å². The summed E-state index contributed by atoms with van der Waals surface area (Å²) in [6.07, 6.45) is 0. The van der Waals surface area contributed by atoms with E-state index in [1.165, 1.54) is 0 Å². The van der Waals surface area contributed by atoms with Gasteiger partial charge in [0, 0.05) is 5.69 Å². The van der Waals surface area contributed by atoms with Crippen molar-refractivity contribution in [2.24, 2.45) is 0 Å². The second kappa shape index (κ2) is 5.15. The van der Waals surface area contributed by atoms with Crippen molar-refractivity contribution in [2.45, 2.75) is 6.92 Å². The average Bonchev–Trinajstić information content (AvgIpc) is 2.83. The van der Waals surface area contributed by atoms with Gasteiger partial charge in [0.1, 0.15) is 17.4 Å². The fourth-order valence-corrected chi connectivity index (χ4v) is 2.50. The van der Waals surface area contributed by atoms with E-state index in [1.54, 1.807) is 12.1 Å². The highest BCUT2D eigenvalue weighted by Gasteiger charge is 2.17. The molecule has 3 rings (SSSR count). The highest BCUT2D eigenvalue weighted by atomic mass is 79.9. The third-order valence-electron chi connectivity index (χ3n) is 3.18. The van der Waals surface area contributed by atoms with E-state index in [9.17, 15) is 5.26 Å². The zero-order chi connectivity index (χ0) is 15.0. The molecule has 0 radical (unpaired) electrons. The van der Waals surface area contributed by atoms with E-state index in [0.29, 0.717) is 22.8 Å². The number of nitrogen functional groups attached to an aromatic ring is 1. The fourth-order valence-electron chi connectivity index (χ4n) is 2.06. The van der Waals surface area contributed by atoms with Gasteiger partial charge in [-0.2, -0.15) is 5.26 Å². The topological polar surface area (TPSA) is 72.2 Å². The van der Waals surface area contributed by atoms with Crippen LogP contribution in [0.1, 0.15) is 11.3 Å². The lowest BCUT2D eigenvalue weighted by Crippen LogP contribution is -1.93. The molecule has 2 N–H and O–H groups in total. The van der Waals surface area contributed by atoms with Crippen molar-refractivity contribution in [3.8, 4) is 17.6 Å². The predicted molar refractivity (Wildman–Crippen MR) is 84.3 cm³/mol. The number of nitrogens with two attached hydrogens (primary N) is 1. The van der Waals surface area contributed by atoms with Gasteiger partial charge in [-0.3, -0.25) is 0 Å². The molecule has 0 saturated carbocycles. The summed E-state index contributed by atoms with van der Waals surface area (Å²) < 4.78 is 12.1. The molecule has 0 atom stereocenters. The van der Waals surface area contributed by atoms with Crippen molar-refractivity contribution in [1.82, 2.24) is 0 Å². The summed E-state index contributed by atoms with van der Waals surface area (Å²) in [4.78, 5) is 0. The Labute approximate surface area is 129 Å². The number of nitrogens with zero attached hydrogens (tertiary/aromatic N) is 1. The molecule has 0 bridgehead atoms. The van der Waals surface area contributed by atoms with Crippen LogP contribution in [0.3, 0.4) is 0 Å². The highest BCUT2D eigenvalue weighted by Crippen LogP contribution is 2.39. The Morgan fingerprint density at radius 1 is 1.29 bits per heavy atom. The first-order chi connectivity index (χ1) is 10.1. The molecule has 0 aliphatic carbocycles. The number of aryl methyl sites for hydroxylation is 1. The molecule has 104 valence electrons. The van der Waals surface area contributed by atoms with Crippen molar-refractivity contribution in [3.05, 3.63) is 52.2 Å². The van der Waals surface area contributed by atoms with E-state index < -0.39 is 0 Å². The molecule has 4 nitrogen and oxygen atoms in total. The number of halogens is 1. The summed E-state index contributed by atoms with van der Waals surface area (Å²) in [5, 5.41) is 9.97. The van der Waals surface area contributed by atoms with Crippen LogP contribution in [-0.4, -0.2) is 0 Å². The maximum atomic E-state index is 9.21. The van der Waals surface area contributed by atoms with Crippen LogP contribution in [0.25, 0.3) is 11.0 Å². The first-order valence-corrected chi connectivity index (χ1v) is 7.04. The molecule has 0 fully saturated rings. The summed E-state index contributed by atoms with van der Waals surface area (Å²) in [6, 6.07) is 13.0. The van der Waals surface area contributed by atoms with Gasteiger partial charge in [-0.1, -0.05) is 12.1 Å². The molecule has 0 aliphatic heterocycles. The Bertz CT molecular complexity index is 878. The standard InChI is InChI=1S/C16H11BrN2O2/c1-9-6-14(11(17)7-12(9)19)21-16-10-4-2-3-5-13(10)20-15(16)8-18/h2-7H,19H2,1H3. The molecule has 0 saturated heterocycles. The Morgan fingerprint density at radius 3 is 2.81 bits per heavy atom. The maximum Gasteiger partial charge on any atom is 0.247 e. The quantitative estimate of drug-likeness (QED) is 0.682. The lowest BCUT2D eigenvalue weighted by molar-refractivity contribution is 0.464. The number of fused-ring (bicyclic) bond motifs is 1. The van der Waals surface area contributed by atoms with Gasteiger partial charge in [-0.05, 0) is 52.7 Å². The third-order valence-corrected chi connectivity index (χ3v) is 3.80. The van der Waals surface area contributed by atoms with Crippen molar-refractivity contribution in [1.29, 1.82) is 5.26 Å². The van der Waals surface area contributed by atoms with Crippen molar-refractivity contribution in [2.75, 3.05) is 5.73 Å². The molecule has 0 amide bonds. The van der Waals surface area contributed by atoms with Crippen LogP contribution < -0.4 is 10.5 Å². The summed E-state index contributed by atoms with van der Waals surface area (Å²) in [5.41, 5.74) is 8.05. The molecule has 5 heteroatoms. The minimum absolute atomic E-state index is 0.151. The smallest absolute Gasteiger partial charge is 0.247 e. The van der Waals surface area contributed by atoms with E-state index in [2.05, 4.69) is 15.9 Å². The number of hydrogen-bond acceptors (Lipinski definition) is 4. The zero-order valence-electron chi connectivity index (χ0n) is 11.2. The normalized spacial score (nSPS) is 10.5. The Morgan fingerprint density at radius 2 is 2.05 bits per heavy atom. The van der Waals surface area contributed by atoms with Gasteiger partial charge in [0.05, 0.1) is 9.86 Å². The van der Waals surface area contributed by atoms with E-state index in [0.717, 1.165) is 15.4 Å². The Hall–Kier alpha value is -2.45. The first-order valence-electron chi connectivity index (χ1n) is 6.25. The largest absolute Gasteiger partial charge is 0.451 e. The van der Waals surface area contributed by atoms with Crippen LogP contribution in [-0.2, 0) is 0 Å². The van der Waals surface area contributed by atoms with E-state index in [1.807, 2.05) is 37.3 Å². The second-order valence-corrected chi connectivity index (χ2v) is 5.46.